The van der Waals surface area contributed by atoms with Crippen LogP contribution in [0.25, 0.3) is 22.1 Å². The van der Waals surface area contributed by atoms with Crippen molar-refractivity contribution in [2.24, 2.45) is 14.1 Å². The lowest BCUT2D eigenvalue weighted by Crippen LogP contribution is -1.93. The Balaban J connectivity index is 0.000000220. The monoisotopic (exact) mass is 380 g/mol. The first-order valence-electron chi connectivity index (χ1n) is 8.58. The lowest BCUT2D eigenvalue weighted by molar-refractivity contribution is 0.944. The Hall–Kier alpha value is -3.68. The van der Waals surface area contributed by atoms with Crippen molar-refractivity contribution in [3.63, 3.8) is 0 Å². The molecule has 4 heterocycles. The van der Waals surface area contributed by atoms with E-state index in [1.807, 2.05) is 61.6 Å². The molecule has 0 fully saturated rings. The summed E-state index contributed by atoms with van der Waals surface area (Å²) in [5.41, 5.74) is 13.0. The maximum absolute atomic E-state index is 5.61. The quantitative estimate of drug-likeness (QED) is 0.451. The zero-order valence-corrected chi connectivity index (χ0v) is 16.9. The predicted molar refractivity (Wildman–Crippen MR) is 118 cm³/mol. The smallest absolute Gasteiger partial charge is 0.145 e. The van der Waals surface area contributed by atoms with Crippen molar-refractivity contribution in [1.82, 2.24) is 29.1 Å². The molecule has 0 radical (unpaired) electrons. The van der Waals surface area contributed by atoms with Crippen LogP contribution in [0.3, 0.4) is 0 Å². The van der Waals surface area contributed by atoms with E-state index in [1.54, 1.807) is 12.2 Å². The summed E-state index contributed by atoms with van der Waals surface area (Å²) in [7, 11) is 3.85. The van der Waals surface area contributed by atoms with Crippen LogP contribution in [0.1, 0.15) is 13.8 Å². The minimum Gasteiger partial charge on any atom is -0.383 e. The maximum Gasteiger partial charge on any atom is 0.145 e. The third-order valence-electron chi connectivity index (χ3n) is 3.39. The van der Waals surface area contributed by atoms with Crippen LogP contribution in [-0.4, -0.2) is 29.1 Å². The highest BCUT2D eigenvalue weighted by atomic mass is 15.0. The second kappa shape index (κ2) is 11.1. The Kier molecular flexibility index (Phi) is 8.88. The number of fused-ring (bicyclic) bond motifs is 2. The molecule has 8 nitrogen and oxygen atoms in total. The van der Waals surface area contributed by atoms with E-state index in [9.17, 15) is 0 Å². The van der Waals surface area contributed by atoms with Crippen LogP contribution in [0.15, 0.2) is 62.5 Å². The molecule has 4 aromatic rings. The molecule has 28 heavy (non-hydrogen) atoms. The first kappa shape index (κ1) is 22.4. The van der Waals surface area contributed by atoms with Gasteiger partial charge in [0.1, 0.15) is 35.6 Å². The number of nitrogens with zero attached hydrogens (tertiary/aromatic N) is 6. The molecule has 0 aromatic carbocycles. The fourth-order valence-electron chi connectivity index (χ4n) is 2.19. The fourth-order valence-corrected chi connectivity index (χ4v) is 2.19. The topological polar surface area (TPSA) is 113 Å². The van der Waals surface area contributed by atoms with E-state index in [2.05, 4.69) is 33.1 Å². The highest BCUT2D eigenvalue weighted by Crippen LogP contribution is 2.16. The molecule has 0 amide bonds. The van der Waals surface area contributed by atoms with Crippen LogP contribution in [0.2, 0.25) is 0 Å². The number of aryl methyl sites for hydroxylation is 2. The SMILES string of the molecule is C=CC.C=CC.Cn1ccc2c(N)ncnc21.Cn1ccc2c(N)ncnc21. The van der Waals surface area contributed by atoms with Crippen molar-refractivity contribution in [1.29, 1.82) is 0 Å². The van der Waals surface area contributed by atoms with Gasteiger partial charge in [-0.1, -0.05) is 12.2 Å². The molecule has 0 saturated carbocycles. The van der Waals surface area contributed by atoms with Gasteiger partial charge in [-0.25, -0.2) is 19.9 Å². The maximum atomic E-state index is 5.61. The van der Waals surface area contributed by atoms with E-state index in [-0.39, 0.29) is 0 Å². The van der Waals surface area contributed by atoms with Crippen LogP contribution in [0.5, 0.6) is 0 Å². The molecule has 0 bridgehead atoms. The molecule has 0 unspecified atom stereocenters. The Morgan fingerprint density at radius 3 is 1.36 bits per heavy atom. The van der Waals surface area contributed by atoms with Gasteiger partial charge in [0, 0.05) is 26.5 Å². The van der Waals surface area contributed by atoms with Crippen molar-refractivity contribution >= 4 is 33.7 Å². The number of allylic oxidation sites excluding steroid dienone is 2. The normalized spacial score (nSPS) is 9.29. The second-order valence-corrected chi connectivity index (χ2v) is 5.66. The number of hydrogen-bond acceptors (Lipinski definition) is 6. The summed E-state index contributed by atoms with van der Waals surface area (Å²) in [6, 6.07) is 3.81. The van der Waals surface area contributed by atoms with E-state index in [0.717, 1.165) is 22.1 Å². The first-order chi connectivity index (χ1) is 13.4. The number of rotatable bonds is 0. The lowest BCUT2D eigenvalue weighted by Gasteiger charge is -1.94. The van der Waals surface area contributed by atoms with Gasteiger partial charge in [0.2, 0.25) is 0 Å². The number of anilines is 2. The molecule has 0 saturated heterocycles. The largest absolute Gasteiger partial charge is 0.383 e. The zero-order valence-electron chi connectivity index (χ0n) is 16.9. The summed E-state index contributed by atoms with van der Waals surface area (Å²) in [6.07, 6.45) is 10.3. The van der Waals surface area contributed by atoms with Crippen molar-refractivity contribution in [2.75, 3.05) is 11.5 Å². The van der Waals surface area contributed by atoms with Crippen LogP contribution >= 0.6 is 0 Å². The molecule has 0 aliphatic heterocycles. The number of hydrogen-bond donors (Lipinski definition) is 2. The molecule has 4 aromatic heterocycles. The summed E-state index contributed by atoms with van der Waals surface area (Å²) >= 11 is 0. The molecule has 0 aliphatic rings. The zero-order chi connectivity index (χ0) is 21.1. The molecule has 0 spiro atoms. The van der Waals surface area contributed by atoms with Gasteiger partial charge in [-0.05, 0) is 26.0 Å². The molecular formula is C20H28N8. The van der Waals surface area contributed by atoms with Gasteiger partial charge in [0.05, 0.1) is 10.8 Å². The summed E-state index contributed by atoms with van der Waals surface area (Å²) in [4.78, 5) is 15.9. The van der Waals surface area contributed by atoms with E-state index < -0.39 is 0 Å². The van der Waals surface area contributed by atoms with Gasteiger partial charge in [0.25, 0.3) is 0 Å². The first-order valence-corrected chi connectivity index (χ1v) is 8.58. The summed E-state index contributed by atoms with van der Waals surface area (Å²) in [5.74, 6) is 1.08. The van der Waals surface area contributed by atoms with E-state index in [4.69, 9.17) is 11.5 Å². The molecule has 148 valence electrons. The highest BCUT2D eigenvalue weighted by molar-refractivity contribution is 5.86. The van der Waals surface area contributed by atoms with Gasteiger partial charge in [0.15, 0.2) is 0 Å². The van der Waals surface area contributed by atoms with Gasteiger partial charge in [-0.15, -0.1) is 13.2 Å². The van der Waals surface area contributed by atoms with E-state index in [0.29, 0.717) is 11.6 Å². The predicted octanol–water partition coefficient (Wildman–Crippen LogP) is 3.49. The van der Waals surface area contributed by atoms with Crippen molar-refractivity contribution < 1.29 is 0 Å². The number of nitrogens with two attached hydrogens (primary N) is 2. The van der Waals surface area contributed by atoms with Gasteiger partial charge in [-0.3, -0.25) is 0 Å². The standard InChI is InChI=1S/2C7H8N4.2C3H6/c2*1-11-3-2-5-6(8)9-4-10-7(5)11;2*1-3-2/h2*2-4H,1H3,(H2,8,9,10);2*3H,1H2,2H3. The molecular weight excluding hydrogens is 352 g/mol. The van der Waals surface area contributed by atoms with Crippen LogP contribution in [0.4, 0.5) is 11.6 Å². The van der Waals surface area contributed by atoms with Gasteiger partial charge < -0.3 is 20.6 Å². The summed E-state index contributed by atoms with van der Waals surface area (Å²) < 4.78 is 3.82. The Labute approximate surface area is 165 Å². The van der Waals surface area contributed by atoms with Crippen LogP contribution in [-0.2, 0) is 14.1 Å². The third-order valence-corrected chi connectivity index (χ3v) is 3.39. The van der Waals surface area contributed by atoms with Gasteiger partial charge >= 0.3 is 0 Å². The molecule has 0 aliphatic carbocycles. The van der Waals surface area contributed by atoms with Gasteiger partial charge in [-0.2, -0.15) is 0 Å². The Morgan fingerprint density at radius 1 is 0.750 bits per heavy atom. The average molecular weight is 381 g/mol. The van der Waals surface area contributed by atoms with Crippen molar-refractivity contribution in [2.45, 2.75) is 13.8 Å². The number of nitrogen functional groups attached to an aromatic ring is 2. The van der Waals surface area contributed by atoms with E-state index in [1.165, 1.54) is 12.7 Å². The molecule has 8 heteroatoms. The highest BCUT2D eigenvalue weighted by Gasteiger charge is 2.02. The summed E-state index contributed by atoms with van der Waals surface area (Å²) in [5, 5.41) is 1.82. The number of aromatic nitrogens is 6. The minimum atomic E-state index is 0.538. The van der Waals surface area contributed by atoms with Crippen molar-refractivity contribution in [3.8, 4) is 0 Å². The minimum absolute atomic E-state index is 0.538. The van der Waals surface area contributed by atoms with Crippen LogP contribution in [0, 0.1) is 0 Å². The third kappa shape index (κ3) is 5.66. The molecule has 4 N–H and O–H groups in total. The van der Waals surface area contributed by atoms with E-state index >= 15 is 0 Å². The Morgan fingerprint density at radius 2 is 1.07 bits per heavy atom. The lowest BCUT2D eigenvalue weighted by atomic mass is 10.4. The molecule has 4 rings (SSSR count). The second-order valence-electron chi connectivity index (χ2n) is 5.66. The fraction of sp³-hybridized carbons (Fsp3) is 0.200. The average Bonchev–Trinajstić information content (AvgIpc) is 3.23. The Bertz CT molecular complexity index is 945. The van der Waals surface area contributed by atoms with Crippen LogP contribution < -0.4 is 11.5 Å². The molecule has 0 atom stereocenters. The van der Waals surface area contributed by atoms with Crippen molar-refractivity contribution in [3.05, 3.63) is 62.5 Å². The summed E-state index contributed by atoms with van der Waals surface area (Å²) in [6.45, 7) is 10.5.